The van der Waals surface area contributed by atoms with Crippen molar-refractivity contribution in [2.45, 2.75) is 52.7 Å². The molecule has 0 N–H and O–H groups in total. The van der Waals surface area contributed by atoms with E-state index >= 15 is 0 Å². The van der Waals surface area contributed by atoms with Crippen molar-refractivity contribution in [1.29, 1.82) is 0 Å². The van der Waals surface area contributed by atoms with Crippen LogP contribution in [0.2, 0.25) is 0 Å². The minimum atomic E-state index is -0.622. The first-order valence-electron chi connectivity index (χ1n) is 5.06. The molecule has 0 atom stereocenters. The largest absolute Gasteiger partial charge is 0.454 e. The van der Waals surface area contributed by atoms with Crippen LogP contribution in [0.1, 0.15) is 41.5 Å². The monoisotopic (exact) mass is 214 g/mol. The Morgan fingerprint density at radius 3 is 2.00 bits per heavy atom. The molecule has 0 heterocycles. The maximum Gasteiger partial charge on any atom is 0.333 e. The van der Waals surface area contributed by atoms with Gasteiger partial charge < -0.3 is 9.47 Å². The second kappa shape index (κ2) is 4.79. The van der Waals surface area contributed by atoms with Crippen LogP contribution in [0.25, 0.3) is 0 Å². The van der Waals surface area contributed by atoms with Gasteiger partial charge >= 0.3 is 5.97 Å². The minimum absolute atomic E-state index is 0.229. The van der Waals surface area contributed by atoms with E-state index in [9.17, 15) is 4.79 Å². The molecule has 0 aliphatic rings. The molecular weight excluding hydrogens is 192 g/mol. The lowest BCUT2D eigenvalue weighted by Crippen LogP contribution is -2.37. The average molecular weight is 214 g/mol. The van der Waals surface area contributed by atoms with Crippen molar-refractivity contribution in [3.8, 4) is 0 Å². The third-order valence-corrected chi connectivity index (χ3v) is 1.57. The van der Waals surface area contributed by atoms with Crippen LogP contribution < -0.4 is 0 Å². The van der Waals surface area contributed by atoms with Crippen LogP contribution in [0, 0.1) is 0 Å². The molecule has 0 fully saturated rings. The first-order valence-corrected chi connectivity index (χ1v) is 5.06. The SMILES string of the molecule is C=C(C)C(=O)OC(C)(C)COC(C)(C)C. The van der Waals surface area contributed by atoms with E-state index in [1.165, 1.54) is 0 Å². The lowest BCUT2D eigenvalue weighted by Gasteiger charge is -2.29. The Hall–Kier alpha value is -0.830. The lowest BCUT2D eigenvalue weighted by atomic mass is 10.1. The lowest BCUT2D eigenvalue weighted by molar-refractivity contribution is -0.162. The second-order valence-corrected chi connectivity index (χ2v) is 5.33. The van der Waals surface area contributed by atoms with Gasteiger partial charge in [0.05, 0.1) is 12.2 Å². The zero-order chi connectivity index (χ0) is 12.3. The highest BCUT2D eigenvalue weighted by Gasteiger charge is 2.26. The van der Waals surface area contributed by atoms with Gasteiger partial charge in [0.2, 0.25) is 0 Å². The fourth-order valence-corrected chi connectivity index (χ4v) is 0.758. The molecule has 0 bridgehead atoms. The zero-order valence-corrected chi connectivity index (χ0v) is 10.6. The molecule has 0 unspecified atom stereocenters. The summed E-state index contributed by atoms with van der Waals surface area (Å²) >= 11 is 0. The third-order valence-electron chi connectivity index (χ3n) is 1.57. The van der Waals surface area contributed by atoms with Gasteiger partial charge in [-0.3, -0.25) is 0 Å². The Bertz CT molecular complexity index is 246. The quantitative estimate of drug-likeness (QED) is 0.533. The molecule has 15 heavy (non-hydrogen) atoms. The summed E-state index contributed by atoms with van der Waals surface area (Å²) in [6.07, 6.45) is 0. The predicted molar refractivity (Wildman–Crippen MR) is 60.7 cm³/mol. The molecule has 0 aliphatic heterocycles. The Balaban J connectivity index is 4.19. The maximum atomic E-state index is 11.3. The van der Waals surface area contributed by atoms with Crippen LogP contribution >= 0.6 is 0 Å². The van der Waals surface area contributed by atoms with E-state index < -0.39 is 5.60 Å². The Labute approximate surface area is 92.5 Å². The summed E-state index contributed by atoms with van der Waals surface area (Å²) in [6, 6.07) is 0. The molecule has 0 aromatic rings. The van der Waals surface area contributed by atoms with Crippen molar-refractivity contribution in [3.05, 3.63) is 12.2 Å². The van der Waals surface area contributed by atoms with Crippen LogP contribution in [-0.2, 0) is 14.3 Å². The summed E-state index contributed by atoms with van der Waals surface area (Å²) in [4.78, 5) is 11.3. The first kappa shape index (κ1) is 14.2. The van der Waals surface area contributed by atoms with Crippen LogP contribution in [0.4, 0.5) is 0 Å². The molecule has 3 heteroatoms. The van der Waals surface area contributed by atoms with Crippen molar-refractivity contribution in [2.75, 3.05) is 6.61 Å². The molecule has 3 nitrogen and oxygen atoms in total. The van der Waals surface area contributed by atoms with Gasteiger partial charge in [-0.2, -0.15) is 0 Å². The van der Waals surface area contributed by atoms with Crippen molar-refractivity contribution in [3.63, 3.8) is 0 Å². The van der Waals surface area contributed by atoms with E-state index in [0.717, 1.165) is 0 Å². The van der Waals surface area contributed by atoms with Crippen LogP contribution in [-0.4, -0.2) is 23.8 Å². The summed E-state index contributed by atoms with van der Waals surface area (Å²) in [5, 5.41) is 0. The van der Waals surface area contributed by atoms with Gasteiger partial charge in [0.15, 0.2) is 0 Å². The fraction of sp³-hybridized carbons (Fsp3) is 0.750. The normalized spacial score (nSPS) is 12.4. The predicted octanol–water partition coefficient (Wildman–Crippen LogP) is 2.70. The molecule has 0 rings (SSSR count). The first-order chi connectivity index (χ1) is 6.53. The maximum absolute atomic E-state index is 11.3. The highest BCUT2D eigenvalue weighted by atomic mass is 16.6. The van der Waals surface area contributed by atoms with Gasteiger partial charge in [0, 0.05) is 5.57 Å². The van der Waals surface area contributed by atoms with Crippen LogP contribution in [0.3, 0.4) is 0 Å². The fourth-order valence-electron chi connectivity index (χ4n) is 0.758. The van der Waals surface area contributed by atoms with E-state index in [0.29, 0.717) is 12.2 Å². The minimum Gasteiger partial charge on any atom is -0.454 e. The van der Waals surface area contributed by atoms with E-state index in [1.54, 1.807) is 6.92 Å². The molecule has 88 valence electrons. The highest BCUT2D eigenvalue weighted by Crippen LogP contribution is 2.16. The Morgan fingerprint density at radius 1 is 1.20 bits per heavy atom. The smallest absolute Gasteiger partial charge is 0.333 e. The number of ether oxygens (including phenoxy) is 2. The highest BCUT2D eigenvalue weighted by molar-refractivity contribution is 5.87. The second-order valence-electron chi connectivity index (χ2n) is 5.33. The molecule has 0 amide bonds. The Morgan fingerprint density at radius 2 is 1.67 bits per heavy atom. The van der Waals surface area contributed by atoms with Gasteiger partial charge in [-0.05, 0) is 41.5 Å². The average Bonchev–Trinajstić information content (AvgIpc) is 1.99. The molecular formula is C12H22O3. The van der Waals surface area contributed by atoms with Crippen LogP contribution in [0.15, 0.2) is 12.2 Å². The van der Waals surface area contributed by atoms with Gasteiger partial charge in [0.25, 0.3) is 0 Å². The van der Waals surface area contributed by atoms with Crippen LogP contribution in [0.5, 0.6) is 0 Å². The number of hydrogen-bond acceptors (Lipinski definition) is 3. The van der Waals surface area contributed by atoms with Crippen molar-refractivity contribution < 1.29 is 14.3 Å². The van der Waals surface area contributed by atoms with E-state index in [1.807, 2.05) is 34.6 Å². The molecule has 0 spiro atoms. The molecule has 0 radical (unpaired) electrons. The number of esters is 1. The summed E-state index contributed by atoms with van der Waals surface area (Å²) in [7, 11) is 0. The Kier molecular flexibility index (Phi) is 4.53. The molecule has 0 saturated heterocycles. The summed E-state index contributed by atoms with van der Waals surface area (Å²) in [5.41, 5.74) is -0.449. The number of carbonyl (C=O) groups excluding carboxylic acids is 1. The topological polar surface area (TPSA) is 35.5 Å². The molecule has 0 saturated carbocycles. The number of hydrogen-bond donors (Lipinski definition) is 0. The number of rotatable bonds is 4. The zero-order valence-electron chi connectivity index (χ0n) is 10.6. The summed E-state index contributed by atoms with van der Waals surface area (Å²) < 4.78 is 10.8. The summed E-state index contributed by atoms with van der Waals surface area (Å²) in [6.45, 7) is 15.1. The van der Waals surface area contributed by atoms with Gasteiger partial charge in [-0.15, -0.1) is 0 Å². The van der Waals surface area contributed by atoms with Gasteiger partial charge in [0.1, 0.15) is 5.60 Å². The van der Waals surface area contributed by atoms with E-state index in [4.69, 9.17) is 9.47 Å². The summed E-state index contributed by atoms with van der Waals surface area (Å²) in [5.74, 6) is -0.377. The third kappa shape index (κ3) is 7.14. The molecule has 0 aromatic heterocycles. The van der Waals surface area contributed by atoms with Gasteiger partial charge in [-0.1, -0.05) is 6.58 Å². The van der Waals surface area contributed by atoms with Crippen molar-refractivity contribution >= 4 is 5.97 Å². The van der Waals surface area contributed by atoms with E-state index in [-0.39, 0.29) is 11.6 Å². The van der Waals surface area contributed by atoms with E-state index in [2.05, 4.69) is 6.58 Å². The van der Waals surface area contributed by atoms with Crippen molar-refractivity contribution in [2.24, 2.45) is 0 Å². The standard InChI is InChI=1S/C12H22O3/c1-9(2)10(13)15-12(6,7)8-14-11(3,4)5/h1,8H2,2-7H3. The molecule has 0 aliphatic carbocycles. The van der Waals surface area contributed by atoms with Gasteiger partial charge in [-0.25, -0.2) is 4.79 Å². The number of carbonyl (C=O) groups is 1. The van der Waals surface area contributed by atoms with Crippen molar-refractivity contribution in [1.82, 2.24) is 0 Å². The molecule has 0 aromatic carbocycles.